The Balaban J connectivity index is 1.62. The van der Waals surface area contributed by atoms with Crippen molar-refractivity contribution in [2.75, 3.05) is 20.0 Å². The molecule has 7 nitrogen and oxygen atoms in total. The molecule has 0 spiro atoms. The Bertz CT molecular complexity index is 1030. The molecule has 0 aromatic heterocycles. The minimum atomic E-state index is -1.25. The summed E-state index contributed by atoms with van der Waals surface area (Å²) in [6.07, 6.45) is -1.34. The quantitative estimate of drug-likeness (QED) is 0.168. The van der Waals surface area contributed by atoms with Gasteiger partial charge in [-0.25, -0.2) is 9.59 Å². The van der Waals surface area contributed by atoms with Gasteiger partial charge >= 0.3 is 12.1 Å². The molecule has 0 heterocycles. The van der Waals surface area contributed by atoms with E-state index < -0.39 is 37.9 Å². The second kappa shape index (κ2) is 12.2. The topological polar surface area (TPSA) is 83.1 Å². The number of carbonyl (C=O) groups is 2. The van der Waals surface area contributed by atoms with Crippen LogP contribution in [0.15, 0.2) is 48.5 Å². The zero-order chi connectivity index (χ0) is 27.2. The van der Waals surface area contributed by atoms with E-state index in [1.165, 1.54) is 0 Å². The van der Waals surface area contributed by atoms with E-state index in [9.17, 15) is 9.59 Å². The fourth-order valence-corrected chi connectivity index (χ4v) is 5.14. The van der Waals surface area contributed by atoms with Crippen molar-refractivity contribution in [1.82, 2.24) is 5.32 Å². The number of fused-ring (bicyclic) bond motifs is 3. The molecule has 3 rings (SSSR count). The number of alkyl carbamates (subject to hydrolysis) is 1. The highest BCUT2D eigenvalue weighted by molar-refractivity contribution is 6.76. The van der Waals surface area contributed by atoms with Gasteiger partial charge in [0, 0.05) is 20.6 Å². The minimum Gasteiger partial charge on any atom is -0.449 e. The summed E-state index contributed by atoms with van der Waals surface area (Å²) in [4.78, 5) is 25.8. The van der Waals surface area contributed by atoms with Crippen LogP contribution in [0.5, 0.6) is 0 Å². The molecule has 1 aliphatic rings. The number of amides is 1. The molecule has 1 N–H and O–H groups in total. The monoisotopic (exact) mass is 527 g/mol. The van der Waals surface area contributed by atoms with Gasteiger partial charge in [-0.1, -0.05) is 68.2 Å². The summed E-state index contributed by atoms with van der Waals surface area (Å²) in [6, 6.07) is 16.2. The first-order valence-corrected chi connectivity index (χ1v) is 16.6. The smallest absolute Gasteiger partial charge is 0.407 e. The van der Waals surface area contributed by atoms with Gasteiger partial charge < -0.3 is 24.3 Å². The van der Waals surface area contributed by atoms with Gasteiger partial charge in [0.25, 0.3) is 0 Å². The number of benzene rings is 2. The Kier molecular flexibility index (Phi) is 9.55. The van der Waals surface area contributed by atoms with Crippen molar-refractivity contribution < 1.29 is 28.5 Å². The van der Waals surface area contributed by atoms with Gasteiger partial charge in [0.15, 0.2) is 12.8 Å². The highest BCUT2D eigenvalue weighted by atomic mass is 28.3. The van der Waals surface area contributed by atoms with Crippen LogP contribution < -0.4 is 5.32 Å². The minimum absolute atomic E-state index is 0.0773. The number of nitrogens with one attached hydrogen (secondary N) is 1. The third-order valence-electron chi connectivity index (χ3n) is 6.16. The van der Waals surface area contributed by atoms with Gasteiger partial charge in [-0.05, 0) is 56.0 Å². The normalized spacial score (nSPS) is 14.9. The van der Waals surface area contributed by atoms with Gasteiger partial charge in [-0.2, -0.15) is 0 Å². The molecule has 0 aliphatic heterocycles. The molecule has 0 unspecified atom stereocenters. The summed E-state index contributed by atoms with van der Waals surface area (Å²) in [7, 11) is -1.25. The number of rotatable bonds is 11. The van der Waals surface area contributed by atoms with Crippen molar-refractivity contribution in [2.45, 2.75) is 77.0 Å². The van der Waals surface area contributed by atoms with Crippen molar-refractivity contribution in [3.63, 3.8) is 0 Å². The fraction of sp³-hybridized carbons (Fsp3) is 0.517. The maximum absolute atomic E-state index is 12.9. The number of hydrogen-bond acceptors (Lipinski definition) is 6. The van der Waals surface area contributed by atoms with E-state index in [0.29, 0.717) is 6.61 Å². The van der Waals surface area contributed by atoms with Crippen LogP contribution >= 0.6 is 0 Å². The summed E-state index contributed by atoms with van der Waals surface area (Å²) >= 11 is 0. The fourth-order valence-electron chi connectivity index (χ4n) is 4.39. The Hall–Kier alpha value is -2.68. The molecule has 0 radical (unpaired) electrons. The van der Waals surface area contributed by atoms with Gasteiger partial charge in [0.2, 0.25) is 0 Å². The maximum atomic E-state index is 12.9. The van der Waals surface area contributed by atoms with Crippen molar-refractivity contribution in [1.29, 1.82) is 0 Å². The average molecular weight is 528 g/mol. The van der Waals surface area contributed by atoms with E-state index in [4.69, 9.17) is 18.9 Å². The molecule has 202 valence electrons. The van der Waals surface area contributed by atoms with Crippen molar-refractivity contribution in [3.05, 3.63) is 59.7 Å². The van der Waals surface area contributed by atoms with Crippen LogP contribution in [0.25, 0.3) is 11.1 Å². The van der Waals surface area contributed by atoms with Crippen LogP contribution in [-0.4, -0.2) is 57.9 Å². The Morgan fingerprint density at radius 2 is 1.51 bits per heavy atom. The zero-order valence-electron chi connectivity index (χ0n) is 23.1. The van der Waals surface area contributed by atoms with Crippen molar-refractivity contribution >= 4 is 20.1 Å². The van der Waals surface area contributed by atoms with Crippen molar-refractivity contribution in [2.24, 2.45) is 0 Å². The first kappa shape index (κ1) is 28.9. The lowest BCUT2D eigenvalue weighted by atomic mass is 9.98. The van der Waals surface area contributed by atoms with Gasteiger partial charge in [0.05, 0.1) is 11.7 Å². The molecule has 2 atom stereocenters. The SMILES string of the molecule is C[C@@H](OC(C)(C)C)[C@H](NC(=O)OCC1c2ccccc2-c2ccccc21)C(=O)OCOCC[Si](C)(C)C. The molecular formula is C29H41NO6Si. The van der Waals surface area contributed by atoms with Crippen LogP contribution in [0, 0.1) is 0 Å². The maximum Gasteiger partial charge on any atom is 0.407 e. The van der Waals surface area contributed by atoms with Gasteiger partial charge in [-0.15, -0.1) is 0 Å². The summed E-state index contributed by atoms with van der Waals surface area (Å²) in [5.41, 5.74) is 4.01. The molecule has 1 aliphatic carbocycles. The van der Waals surface area contributed by atoms with E-state index in [2.05, 4.69) is 49.2 Å². The lowest BCUT2D eigenvalue weighted by Crippen LogP contribution is -2.51. The average Bonchev–Trinajstić information content (AvgIpc) is 3.12. The summed E-state index contributed by atoms with van der Waals surface area (Å²) in [6.45, 7) is 14.7. The Morgan fingerprint density at radius 1 is 0.946 bits per heavy atom. The number of ether oxygens (including phenoxy) is 4. The standard InChI is InChI=1S/C29H41NO6Si/c1-20(36-29(2,3)4)26(27(31)35-19-33-16-17-37(5,6)7)30-28(32)34-18-25-23-14-10-8-12-21(23)22-13-9-11-15-24(22)25/h8-15,20,25-26H,16-19H2,1-7H3,(H,30,32)/t20-,26+/m1/s1. The van der Waals surface area contributed by atoms with E-state index in [0.717, 1.165) is 28.3 Å². The molecular weight excluding hydrogens is 486 g/mol. The highest BCUT2D eigenvalue weighted by Gasteiger charge is 2.34. The molecule has 0 bridgehead atoms. The predicted molar refractivity (Wildman–Crippen MR) is 147 cm³/mol. The third-order valence-corrected chi connectivity index (χ3v) is 7.86. The lowest BCUT2D eigenvalue weighted by molar-refractivity contribution is -0.165. The predicted octanol–water partition coefficient (Wildman–Crippen LogP) is 5.95. The number of esters is 1. The van der Waals surface area contributed by atoms with Crippen LogP contribution in [0.4, 0.5) is 4.79 Å². The van der Waals surface area contributed by atoms with Crippen LogP contribution in [0.2, 0.25) is 25.7 Å². The van der Waals surface area contributed by atoms with Crippen molar-refractivity contribution in [3.8, 4) is 11.1 Å². The second-order valence-corrected chi connectivity index (χ2v) is 17.3. The molecule has 8 heteroatoms. The Morgan fingerprint density at radius 3 is 2.05 bits per heavy atom. The summed E-state index contributed by atoms with van der Waals surface area (Å²) < 4.78 is 22.4. The van der Waals surface area contributed by atoms with E-state index >= 15 is 0 Å². The first-order valence-electron chi connectivity index (χ1n) is 12.9. The molecule has 2 aromatic carbocycles. The molecule has 0 saturated carbocycles. The first-order chi connectivity index (χ1) is 17.4. The largest absolute Gasteiger partial charge is 0.449 e. The summed E-state index contributed by atoms with van der Waals surface area (Å²) in [5.74, 6) is -0.704. The van der Waals surface area contributed by atoms with Crippen LogP contribution in [0.1, 0.15) is 44.7 Å². The molecule has 0 fully saturated rings. The van der Waals surface area contributed by atoms with E-state index in [1.54, 1.807) is 6.92 Å². The molecule has 2 aromatic rings. The number of hydrogen-bond donors (Lipinski definition) is 1. The molecule has 0 saturated heterocycles. The van der Waals surface area contributed by atoms with Crippen LogP contribution in [0.3, 0.4) is 0 Å². The third kappa shape index (κ3) is 8.41. The number of carbonyl (C=O) groups excluding carboxylic acids is 2. The van der Waals surface area contributed by atoms with Crippen LogP contribution in [-0.2, 0) is 23.7 Å². The van der Waals surface area contributed by atoms with E-state index in [1.807, 2.05) is 45.0 Å². The highest BCUT2D eigenvalue weighted by Crippen LogP contribution is 2.44. The van der Waals surface area contributed by atoms with Gasteiger partial charge in [0.1, 0.15) is 6.61 Å². The Labute approximate surface area is 221 Å². The second-order valence-electron chi connectivity index (χ2n) is 11.7. The van der Waals surface area contributed by atoms with E-state index in [-0.39, 0.29) is 19.3 Å². The zero-order valence-corrected chi connectivity index (χ0v) is 24.1. The lowest BCUT2D eigenvalue weighted by Gasteiger charge is -2.30. The molecule has 1 amide bonds. The van der Waals surface area contributed by atoms with Gasteiger partial charge in [-0.3, -0.25) is 0 Å². The summed E-state index contributed by atoms with van der Waals surface area (Å²) in [5, 5.41) is 2.67. The molecule has 37 heavy (non-hydrogen) atoms.